The smallest absolute Gasteiger partial charge is 0.0379 e. The summed E-state index contributed by atoms with van der Waals surface area (Å²) in [5.41, 5.74) is 2.43. The predicted molar refractivity (Wildman–Crippen MR) is 61.0 cm³/mol. The maximum Gasteiger partial charge on any atom is 0.0379 e. The van der Waals surface area contributed by atoms with Crippen molar-refractivity contribution < 1.29 is 0 Å². The van der Waals surface area contributed by atoms with Gasteiger partial charge < -0.3 is 5.32 Å². The Kier molecular flexibility index (Phi) is 2.82. The summed E-state index contributed by atoms with van der Waals surface area (Å²) in [6.07, 6.45) is 11.5. The van der Waals surface area contributed by atoms with Crippen molar-refractivity contribution in [3.63, 3.8) is 0 Å². The second-order valence-electron chi connectivity index (χ2n) is 3.22. The molecule has 1 aromatic rings. The molecule has 0 radical (unpaired) electrons. The average molecular weight is 183 g/mol. The summed E-state index contributed by atoms with van der Waals surface area (Å²) < 4.78 is 0. The van der Waals surface area contributed by atoms with Crippen molar-refractivity contribution in [1.82, 2.24) is 0 Å². The maximum absolute atomic E-state index is 3.27. The quantitative estimate of drug-likeness (QED) is 0.740. The molecule has 0 amide bonds. The van der Waals surface area contributed by atoms with Crippen LogP contribution < -0.4 is 5.32 Å². The number of nitrogens with one attached hydrogen (secondary N) is 1. The van der Waals surface area contributed by atoms with Gasteiger partial charge in [0.15, 0.2) is 0 Å². The second-order valence-corrected chi connectivity index (χ2v) is 3.22. The Morgan fingerprint density at radius 2 is 1.93 bits per heavy atom. The molecule has 1 aliphatic carbocycles. The highest BCUT2D eigenvalue weighted by Gasteiger charge is 1.92. The van der Waals surface area contributed by atoms with Crippen molar-refractivity contribution in [2.24, 2.45) is 0 Å². The first kappa shape index (κ1) is 8.82. The lowest BCUT2D eigenvalue weighted by molar-refractivity contribution is 1.25. The van der Waals surface area contributed by atoms with Gasteiger partial charge in [0.2, 0.25) is 0 Å². The molecular formula is C13H13N. The SMILES string of the molecule is C1=CC/C(=C/Nc2ccccc2)C=C1. The third kappa shape index (κ3) is 2.36. The molecule has 0 atom stereocenters. The first-order chi connectivity index (χ1) is 6.95. The standard InChI is InChI=1S/C13H13N/c1-3-7-12(8-4-1)11-14-13-9-5-2-6-10-13/h1-7,9-11,14H,8H2/b12-11+. The Morgan fingerprint density at radius 1 is 1.07 bits per heavy atom. The van der Waals surface area contributed by atoms with Crippen LogP contribution >= 0.6 is 0 Å². The van der Waals surface area contributed by atoms with Crippen LogP contribution in [0.3, 0.4) is 0 Å². The van der Waals surface area contributed by atoms with Crippen molar-refractivity contribution in [2.75, 3.05) is 5.32 Å². The Hall–Kier alpha value is -1.76. The molecule has 2 rings (SSSR count). The molecule has 1 aliphatic rings. The van der Waals surface area contributed by atoms with Crippen LogP contribution in [-0.2, 0) is 0 Å². The van der Waals surface area contributed by atoms with Gasteiger partial charge in [-0.3, -0.25) is 0 Å². The van der Waals surface area contributed by atoms with E-state index in [2.05, 4.69) is 48.0 Å². The number of allylic oxidation sites excluding steroid dienone is 5. The van der Waals surface area contributed by atoms with E-state index in [1.54, 1.807) is 0 Å². The highest BCUT2D eigenvalue weighted by molar-refractivity contribution is 5.46. The molecule has 0 saturated heterocycles. The van der Waals surface area contributed by atoms with Crippen LogP contribution in [0.5, 0.6) is 0 Å². The van der Waals surface area contributed by atoms with E-state index in [-0.39, 0.29) is 0 Å². The largest absolute Gasteiger partial charge is 0.361 e. The van der Waals surface area contributed by atoms with Gasteiger partial charge in [0.25, 0.3) is 0 Å². The Labute approximate surface area is 84.5 Å². The molecule has 1 nitrogen and oxygen atoms in total. The fourth-order valence-corrected chi connectivity index (χ4v) is 1.35. The summed E-state index contributed by atoms with van der Waals surface area (Å²) in [6, 6.07) is 10.2. The Morgan fingerprint density at radius 3 is 2.64 bits per heavy atom. The Bertz CT molecular complexity index is 371. The number of anilines is 1. The molecule has 0 bridgehead atoms. The van der Waals surface area contributed by atoms with E-state index < -0.39 is 0 Å². The van der Waals surface area contributed by atoms with Crippen LogP contribution in [0.25, 0.3) is 0 Å². The third-order valence-electron chi connectivity index (χ3n) is 2.11. The minimum atomic E-state index is 1.01. The maximum atomic E-state index is 3.27. The number of rotatable bonds is 2. The van der Waals surface area contributed by atoms with E-state index in [0.29, 0.717) is 0 Å². The van der Waals surface area contributed by atoms with Crippen molar-refractivity contribution in [2.45, 2.75) is 6.42 Å². The lowest BCUT2D eigenvalue weighted by atomic mass is 10.1. The molecule has 1 aromatic carbocycles. The van der Waals surface area contributed by atoms with Crippen molar-refractivity contribution in [3.8, 4) is 0 Å². The van der Waals surface area contributed by atoms with E-state index in [1.165, 1.54) is 5.57 Å². The molecule has 70 valence electrons. The van der Waals surface area contributed by atoms with E-state index in [0.717, 1.165) is 12.1 Å². The normalized spacial score (nSPS) is 17.3. The van der Waals surface area contributed by atoms with Crippen LogP contribution in [0, 0.1) is 0 Å². The minimum absolute atomic E-state index is 1.01. The monoisotopic (exact) mass is 183 g/mol. The minimum Gasteiger partial charge on any atom is -0.361 e. The fraction of sp³-hybridized carbons (Fsp3) is 0.0769. The number of benzene rings is 1. The van der Waals surface area contributed by atoms with Gasteiger partial charge in [-0.05, 0) is 24.1 Å². The van der Waals surface area contributed by atoms with Crippen LogP contribution in [0.1, 0.15) is 6.42 Å². The van der Waals surface area contributed by atoms with Gasteiger partial charge in [-0.1, -0.05) is 42.5 Å². The third-order valence-corrected chi connectivity index (χ3v) is 2.11. The summed E-state index contributed by atoms with van der Waals surface area (Å²) in [5, 5.41) is 3.27. The molecule has 0 fully saturated rings. The molecule has 1 heteroatoms. The number of para-hydroxylation sites is 1. The first-order valence-corrected chi connectivity index (χ1v) is 4.79. The van der Waals surface area contributed by atoms with Gasteiger partial charge in [0, 0.05) is 11.9 Å². The first-order valence-electron chi connectivity index (χ1n) is 4.79. The topological polar surface area (TPSA) is 12.0 Å². The number of hydrogen-bond donors (Lipinski definition) is 1. The van der Waals surface area contributed by atoms with Gasteiger partial charge in [0.1, 0.15) is 0 Å². The lowest BCUT2D eigenvalue weighted by Crippen LogP contribution is -1.90. The lowest BCUT2D eigenvalue weighted by Gasteiger charge is -2.04. The van der Waals surface area contributed by atoms with E-state index >= 15 is 0 Å². The zero-order valence-corrected chi connectivity index (χ0v) is 7.98. The van der Waals surface area contributed by atoms with E-state index in [1.807, 2.05) is 18.2 Å². The molecule has 14 heavy (non-hydrogen) atoms. The van der Waals surface area contributed by atoms with Gasteiger partial charge >= 0.3 is 0 Å². The fourth-order valence-electron chi connectivity index (χ4n) is 1.35. The summed E-state index contributed by atoms with van der Waals surface area (Å²) in [4.78, 5) is 0. The molecule has 0 unspecified atom stereocenters. The zero-order valence-electron chi connectivity index (χ0n) is 7.98. The van der Waals surface area contributed by atoms with E-state index in [4.69, 9.17) is 0 Å². The average Bonchev–Trinajstić information content (AvgIpc) is 2.29. The van der Waals surface area contributed by atoms with Crippen LogP contribution in [-0.4, -0.2) is 0 Å². The summed E-state index contributed by atoms with van der Waals surface area (Å²) in [5.74, 6) is 0. The van der Waals surface area contributed by atoms with Crippen LogP contribution in [0.4, 0.5) is 5.69 Å². The van der Waals surface area contributed by atoms with Gasteiger partial charge in [-0.2, -0.15) is 0 Å². The van der Waals surface area contributed by atoms with Gasteiger partial charge in [0.05, 0.1) is 0 Å². The molecule has 1 N–H and O–H groups in total. The summed E-state index contributed by atoms with van der Waals surface area (Å²) in [7, 11) is 0. The number of hydrogen-bond acceptors (Lipinski definition) is 1. The zero-order chi connectivity index (χ0) is 9.64. The van der Waals surface area contributed by atoms with Gasteiger partial charge in [-0.15, -0.1) is 0 Å². The Balaban J connectivity index is 2.00. The van der Waals surface area contributed by atoms with Crippen molar-refractivity contribution in [1.29, 1.82) is 0 Å². The van der Waals surface area contributed by atoms with Crippen LogP contribution in [0.2, 0.25) is 0 Å². The molecule has 0 aromatic heterocycles. The summed E-state index contributed by atoms with van der Waals surface area (Å²) in [6.45, 7) is 0. The van der Waals surface area contributed by atoms with Gasteiger partial charge in [-0.25, -0.2) is 0 Å². The predicted octanol–water partition coefficient (Wildman–Crippen LogP) is 3.50. The molecular weight excluding hydrogens is 170 g/mol. The second kappa shape index (κ2) is 4.47. The summed E-state index contributed by atoms with van der Waals surface area (Å²) >= 11 is 0. The van der Waals surface area contributed by atoms with Crippen LogP contribution in [0.15, 0.2) is 66.4 Å². The van der Waals surface area contributed by atoms with E-state index in [9.17, 15) is 0 Å². The van der Waals surface area contributed by atoms with Crippen molar-refractivity contribution in [3.05, 3.63) is 66.4 Å². The molecule has 0 heterocycles. The molecule has 0 aliphatic heterocycles. The molecule has 0 spiro atoms. The molecule has 0 saturated carbocycles. The highest BCUT2D eigenvalue weighted by Crippen LogP contribution is 2.11. The highest BCUT2D eigenvalue weighted by atomic mass is 14.8. The van der Waals surface area contributed by atoms with Crippen molar-refractivity contribution >= 4 is 5.69 Å².